The summed E-state index contributed by atoms with van der Waals surface area (Å²) in [7, 11) is 0. The zero-order valence-electron chi connectivity index (χ0n) is 31.9. The van der Waals surface area contributed by atoms with Crippen molar-refractivity contribution in [1.29, 1.82) is 0 Å². The molecule has 1 radical (unpaired) electrons. The van der Waals surface area contributed by atoms with Gasteiger partial charge in [0.15, 0.2) is 5.78 Å². The number of rotatable bonds is 9. The van der Waals surface area contributed by atoms with Crippen molar-refractivity contribution >= 4 is 27.5 Å². The molecule has 0 amide bonds. The maximum Gasteiger partial charge on any atom is 0.162 e. The third-order valence-corrected chi connectivity index (χ3v) is 10.2. The summed E-state index contributed by atoms with van der Waals surface area (Å²) in [6.45, 7) is 23.5. The maximum absolute atomic E-state index is 12.3. The number of fused-ring (bicyclic) bond motifs is 2. The summed E-state index contributed by atoms with van der Waals surface area (Å²) in [5.74, 6) is 2.28. The van der Waals surface area contributed by atoms with Crippen LogP contribution in [0.4, 0.5) is 0 Å². The fraction of sp³-hybridized carbons (Fsp3) is 0.511. The second kappa shape index (κ2) is 17.4. The smallest absolute Gasteiger partial charge is 0.162 e. The van der Waals surface area contributed by atoms with Crippen LogP contribution in [-0.4, -0.2) is 15.9 Å². The standard InChI is InChI=1S/C28H28N.C17H32O2.Ir/c1-28(2,3)25-17-21(16-20-12-6-7-13-22(20)25)27-18-24(19-10-4-5-11-19)23-14-8-9-15-26(23)29-27;1-10(2)16(11(3)4)14(18)9-15(19)17(12(5)6)13(7)8;/h6-9,12-15,17-19H,4-5,10-11H2,1-3H3;9-13,16-18H,1-8H3;/q-1;;/b;14-9-;. The molecule has 1 fully saturated rings. The van der Waals surface area contributed by atoms with Crippen LogP contribution in [0.15, 0.2) is 72.5 Å². The van der Waals surface area contributed by atoms with E-state index in [-0.39, 0.29) is 48.9 Å². The molecule has 0 aliphatic heterocycles. The molecule has 3 nitrogen and oxygen atoms in total. The Kier molecular flexibility index (Phi) is 14.4. The second-order valence-electron chi connectivity index (χ2n) is 16.5. The first-order valence-electron chi connectivity index (χ1n) is 18.4. The van der Waals surface area contributed by atoms with E-state index in [1.807, 2.05) is 0 Å². The van der Waals surface area contributed by atoms with Crippen molar-refractivity contribution in [3.63, 3.8) is 0 Å². The molecule has 0 atom stereocenters. The van der Waals surface area contributed by atoms with Crippen LogP contribution in [0.2, 0.25) is 0 Å². The first-order valence-corrected chi connectivity index (χ1v) is 18.4. The zero-order valence-corrected chi connectivity index (χ0v) is 34.3. The number of aliphatic hydroxyl groups excluding tert-OH is 1. The van der Waals surface area contributed by atoms with E-state index in [0.29, 0.717) is 29.6 Å². The number of ketones is 1. The normalized spacial score (nSPS) is 14.4. The second-order valence-corrected chi connectivity index (χ2v) is 16.5. The van der Waals surface area contributed by atoms with Crippen LogP contribution in [0, 0.1) is 41.6 Å². The topological polar surface area (TPSA) is 50.2 Å². The number of hydrogen-bond acceptors (Lipinski definition) is 3. The number of hydrogen-bond donors (Lipinski definition) is 1. The summed E-state index contributed by atoms with van der Waals surface area (Å²) < 4.78 is 0. The van der Waals surface area contributed by atoms with Gasteiger partial charge >= 0.3 is 0 Å². The fourth-order valence-corrected chi connectivity index (χ4v) is 8.12. The number of allylic oxidation sites excluding steroid dienone is 2. The maximum atomic E-state index is 12.3. The van der Waals surface area contributed by atoms with E-state index < -0.39 is 0 Å². The molecule has 4 aromatic rings. The molecule has 1 aliphatic rings. The molecule has 0 saturated heterocycles. The number of nitrogens with zero attached hydrogens (tertiary/aromatic N) is 1. The van der Waals surface area contributed by atoms with Crippen molar-refractivity contribution in [1.82, 2.24) is 4.98 Å². The summed E-state index contributed by atoms with van der Waals surface area (Å²) in [5.41, 5.74) is 6.17. The van der Waals surface area contributed by atoms with Crippen LogP contribution in [0.1, 0.15) is 119 Å². The van der Waals surface area contributed by atoms with E-state index in [1.165, 1.54) is 59.0 Å². The van der Waals surface area contributed by atoms with Crippen molar-refractivity contribution < 1.29 is 30.0 Å². The van der Waals surface area contributed by atoms with Gasteiger partial charge in [-0.25, -0.2) is 0 Å². The van der Waals surface area contributed by atoms with Gasteiger partial charge in [-0.2, -0.15) is 0 Å². The average molecular weight is 839 g/mol. The largest absolute Gasteiger partial charge is 0.512 e. The van der Waals surface area contributed by atoms with Gasteiger partial charge in [0.1, 0.15) is 0 Å². The average Bonchev–Trinajstić information content (AvgIpc) is 3.54. The number of carbonyl (C=O) groups excluding carboxylic acids is 1. The summed E-state index contributed by atoms with van der Waals surface area (Å²) >= 11 is 0. The molecule has 4 heteroatoms. The summed E-state index contributed by atoms with van der Waals surface area (Å²) in [6.07, 6.45) is 6.75. The molecule has 3 aromatic carbocycles. The van der Waals surface area contributed by atoms with Gasteiger partial charge in [-0.3, -0.25) is 9.78 Å². The molecule has 267 valence electrons. The number of aliphatic hydroxyl groups is 1. The molecule has 1 heterocycles. The van der Waals surface area contributed by atoms with Crippen molar-refractivity contribution in [2.24, 2.45) is 35.5 Å². The Morgan fingerprint density at radius 2 is 1.33 bits per heavy atom. The molecular weight excluding hydrogens is 779 g/mol. The molecular formula is C45H60IrNO2-. The van der Waals surface area contributed by atoms with E-state index in [9.17, 15) is 9.90 Å². The number of aromatic nitrogens is 1. The molecule has 1 aliphatic carbocycles. The molecule has 0 bridgehead atoms. The van der Waals surface area contributed by atoms with Gasteiger partial charge < -0.3 is 5.11 Å². The molecule has 0 spiro atoms. The van der Waals surface area contributed by atoms with Crippen LogP contribution in [0.5, 0.6) is 0 Å². The third-order valence-electron chi connectivity index (χ3n) is 10.2. The van der Waals surface area contributed by atoms with Crippen molar-refractivity contribution in [2.45, 2.75) is 113 Å². The molecule has 1 N–H and O–H groups in total. The minimum absolute atomic E-state index is 0. The van der Waals surface area contributed by atoms with E-state index in [2.05, 4.69) is 143 Å². The van der Waals surface area contributed by atoms with Gasteiger partial charge in [-0.1, -0.05) is 142 Å². The first kappa shape index (κ1) is 40.6. The first-order chi connectivity index (χ1) is 22.6. The Bertz CT molecular complexity index is 1700. The quantitative estimate of drug-likeness (QED) is 0.104. The Balaban J connectivity index is 0.000000287. The molecule has 5 rings (SSSR count). The summed E-state index contributed by atoms with van der Waals surface area (Å²) in [6, 6.07) is 25.6. The van der Waals surface area contributed by atoms with Gasteiger partial charge in [-0.05, 0) is 59.5 Å². The predicted molar refractivity (Wildman–Crippen MR) is 205 cm³/mol. The molecule has 49 heavy (non-hydrogen) atoms. The molecule has 0 unspecified atom stereocenters. The Morgan fingerprint density at radius 1 is 0.796 bits per heavy atom. The van der Waals surface area contributed by atoms with Crippen molar-refractivity contribution in [3.05, 3.63) is 89.7 Å². The summed E-state index contributed by atoms with van der Waals surface area (Å²) in [4.78, 5) is 17.4. The summed E-state index contributed by atoms with van der Waals surface area (Å²) in [5, 5.41) is 14.1. The van der Waals surface area contributed by atoms with E-state index >= 15 is 0 Å². The van der Waals surface area contributed by atoms with E-state index in [0.717, 1.165) is 16.8 Å². The van der Waals surface area contributed by atoms with E-state index in [1.54, 1.807) is 0 Å². The van der Waals surface area contributed by atoms with Gasteiger partial charge in [-0.15, -0.1) is 29.1 Å². The third kappa shape index (κ3) is 9.92. The fourth-order valence-electron chi connectivity index (χ4n) is 8.12. The Hall–Kier alpha value is -2.81. The minimum atomic E-state index is -0.0119. The van der Waals surface area contributed by atoms with Crippen LogP contribution >= 0.6 is 0 Å². The minimum Gasteiger partial charge on any atom is -0.512 e. The van der Waals surface area contributed by atoms with Gasteiger partial charge in [0, 0.05) is 49.1 Å². The van der Waals surface area contributed by atoms with Crippen LogP contribution in [0.25, 0.3) is 32.9 Å². The Labute approximate surface area is 310 Å². The SMILES string of the molecule is CC(C)(C)c1cc(-c2cc(C3CCCC3)c3ccccc3n2)[c-]c2ccccc12.CC(C)C(C(=O)/C=C(\O)C(C(C)C)C(C)C)C(C)C.[Ir]. The molecule has 1 saturated carbocycles. The number of carbonyl (C=O) groups is 1. The van der Waals surface area contributed by atoms with Crippen molar-refractivity contribution in [2.75, 3.05) is 0 Å². The number of benzene rings is 3. The van der Waals surface area contributed by atoms with Gasteiger partial charge in [0.25, 0.3) is 0 Å². The monoisotopic (exact) mass is 839 g/mol. The van der Waals surface area contributed by atoms with Crippen LogP contribution in [-0.2, 0) is 30.3 Å². The number of pyridine rings is 1. The number of para-hydroxylation sites is 1. The predicted octanol–water partition coefficient (Wildman–Crippen LogP) is 12.7. The van der Waals surface area contributed by atoms with Crippen LogP contribution < -0.4 is 0 Å². The van der Waals surface area contributed by atoms with E-state index in [4.69, 9.17) is 4.98 Å². The Morgan fingerprint density at radius 3 is 1.88 bits per heavy atom. The van der Waals surface area contributed by atoms with Gasteiger partial charge in [0.05, 0.1) is 11.3 Å². The molecule has 1 aromatic heterocycles. The van der Waals surface area contributed by atoms with Crippen LogP contribution in [0.3, 0.4) is 0 Å². The van der Waals surface area contributed by atoms with Crippen molar-refractivity contribution in [3.8, 4) is 11.3 Å². The van der Waals surface area contributed by atoms with Gasteiger partial charge in [0.2, 0.25) is 0 Å². The zero-order chi connectivity index (χ0) is 35.3.